The monoisotopic (exact) mass is 502 g/mol. The fourth-order valence-corrected chi connectivity index (χ4v) is 5.00. The van der Waals surface area contributed by atoms with E-state index in [0.29, 0.717) is 23.7 Å². The number of amides is 3. The average molecular weight is 503 g/mol. The first-order valence-corrected chi connectivity index (χ1v) is 13.3. The van der Waals surface area contributed by atoms with Crippen molar-refractivity contribution in [1.29, 1.82) is 0 Å². The Morgan fingerprint density at radius 2 is 1.74 bits per heavy atom. The van der Waals surface area contributed by atoms with E-state index in [2.05, 4.69) is 5.32 Å². The van der Waals surface area contributed by atoms with Gasteiger partial charge in [0.25, 0.3) is 11.8 Å². The van der Waals surface area contributed by atoms with E-state index >= 15 is 0 Å². The molecule has 1 atom stereocenters. The van der Waals surface area contributed by atoms with Crippen molar-refractivity contribution in [1.82, 2.24) is 4.90 Å². The SMILES string of the molecule is CCOc1cc([C@@H](CS(C)(=O)=O)N2C(=O)c3cc(C(C)C)cc(NC(C)=O)c3C2=O)ccc1OC. The van der Waals surface area contributed by atoms with Crippen molar-refractivity contribution in [2.75, 3.05) is 31.0 Å². The Kier molecular flexibility index (Phi) is 7.54. The van der Waals surface area contributed by atoms with Crippen LogP contribution in [0.5, 0.6) is 11.5 Å². The van der Waals surface area contributed by atoms with Crippen LogP contribution in [0.25, 0.3) is 0 Å². The van der Waals surface area contributed by atoms with Crippen molar-refractivity contribution >= 4 is 33.2 Å². The third-order valence-corrected chi connectivity index (χ3v) is 6.59. The number of nitrogens with one attached hydrogen (secondary N) is 1. The second-order valence-electron chi connectivity index (χ2n) is 8.76. The van der Waals surface area contributed by atoms with Crippen LogP contribution in [0.4, 0.5) is 5.69 Å². The Labute approximate surface area is 205 Å². The summed E-state index contributed by atoms with van der Waals surface area (Å²) < 4.78 is 35.7. The molecule has 2 aromatic carbocycles. The largest absolute Gasteiger partial charge is 0.493 e. The first-order chi connectivity index (χ1) is 16.4. The highest BCUT2D eigenvalue weighted by atomic mass is 32.2. The Bertz CT molecular complexity index is 1280. The van der Waals surface area contributed by atoms with Crippen LogP contribution in [0.1, 0.15) is 71.5 Å². The molecular weight excluding hydrogens is 472 g/mol. The Morgan fingerprint density at radius 1 is 1.06 bits per heavy atom. The van der Waals surface area contributed by atoms with E-state index in [9.17, 15) is 22.8 Å². The van der Waals surface area contributed by atoms with Crippen LogP contribution in [0.2, 0.25) is 0 Å². The highest BCUT2D eigenvalue weighted by Crippen LogP contribution is 2.39. The highest BCUT2D eigenvalue weighted by Gasteiger charge is 2.44. The van der Waals surface area contributed by atoms with E-state index in [1.165, 1.54) is 14.0 Å². The van der Waals surface area contributed by atoms with E-state index in [4.69, 9.17) is 9.47 Å². The average Bonchev–Trinajstić information content (AvgIpc) is 3.01. The standard InChI is InChI=1S/C25H30N2O7S/c1-7-34-22-12-16(8-9-21(22)33-5)20(13-35(6,31)32)27-24(29)18-10-17(14(2)3)11-19(26-15(4)28)23(18)25(27)30/h8-12,14,20H,7,13H2,1-6H3,(H,26,28)/t20-/m1/s1. The minimum atomic E-state index is -3.62. The number of carbonyl (C=O) groups excluding carboxylic acids is 3. The minimum Gasteiger partial charge on any atom is -0.493 e. The summed E-state index contributed by atoms with van der Waals surface area (Å²) in [6.45, 7) is 7.29. The Morgan fingerprint density at radius 3 is 2.29 bits per heavy atom. The van der Waals surface area contributed by atoms with Gasteiger partial charge in [0, 0.05) is 13.2 Å². The van der Waals surface area contributed by atoms with Gasteiger partial charge in [0.05, 0.1) is 42.3 Å². The zero-order valence-electron chi connectivity index (χ0n) is 20.7. The van der Waals surface area contributed by atoms with Crippen LogP contribution in [-0.2, 0) is 14.6 Å². The van der Waals surface area contributed by atoms with Crippen molar-refractivity contribution < 1.29 is 32.3 Å². The third kappa shape index (κ3) is 5.48. The zero-order valence-corrected chi connectivity index (χ0v) is 21.5. The zero-order chi connectivity index (χ0) is 26.1. The van der Waals surface area contributed by atoms with Crippen LogP contribution in [0.15, 0.2) is 30.3 Å². The van der Waals surface area contributed by atoms with Crippen molar-refractivity contribution in [3.63, 3.8) is 0 Å². The molecule has 3 amide bonds. The minimum absolute atomic E-state index is 0.0203. The lowest BCUT2D eigenvalue weighted by molar-refractivity contribution is -0.114. The van der Waals surface area contributed by atoms with Crippen LogP contribution >= 0.6 is 0 Å². The van der Waals surface area contributed by atoms with Crippen LogP contribution < -0.4 is 14.8 Å². The smallest absolute Gasteiger partial charge is 0.264 e. The third-order valence-electron chi connectivity index (χ3n) is 5.66. The van der Waals surface area contributed by atoms with Gasteiger partial charge in [0.1, 0.15) is 9.84 Å². The number of benzene rings is 2. The number of sulfone groups is 1. The van der Waals surface area contributed by atoms with Gasteiger partial charge in [-0.05, 0) is 48.2 Å². The normalized spacial score (nSPS) is 14.2. The maximum atomic E-state index is 13.6. The summed E-state index contributed by atoms with van der Waals surface area (Å²) in [5, 5.41) is 2.65. The number of ether oxygens (including phenoxy) is 2. The van der Waals surface area contributed by atoms with Gasteiger partial charge in [-0.1, -0.05) is 19.9 Å². The maximum Gasteiger partial charge on any atom is 0.264 e. The molecule has 0 bridgehead atoms. The van der Waals surface area contributed by atoms with Crippen molar-refractivity contribution in [3.05, 3.63) is 52.6 Å². The lowest BCUT2D eigenvalue weighted by atomic mass is 9.96. The topological polar surface area (TPSA) is 119 Å². The van der Waals surface area contributed by atoms with Gasteiger partial charge in [-0.2, -0.15) is 0 Å². The molecule has 0 saturated heterocycles. The van der Waals surface area contributed by atoms with Gasteiger partial charge in [0.15, 0.2) is 11.5 Å². The summed E-state index contributed by atoms with van der Waals surface area (Å²) >= 11 is 0. The number of imide groups is 1. The second kappa shape index (κ2) is 10.1. The number of rotatable bonds is 9. The van der Waals surface area contributed by atoms with Gasteiger partial charge in [-0.3, -0.25) is 19.3 Å². The molecule has 0 aromatic heterocycles. The number of hydrogen-bond acceptors (Lipinski definition) is 7. The first-order valence-electron chi connectivity index (χ1n) is 11.2. The van der Waals surface area contributed by atoms with E-state index < -0.39 is 39.4 Å². The lowest BCUT2D eigenvalue weighted by Crippen LogP contribution is -2.37. The Hall–Kier alpha value is -3.40. The molecule has 0 saturated carbocycles. The molecule has 0 spiro atoms. The number of hydrogen-bond donors (Lipinski definition) is 1. The molecule has 0 radical (unpaired) electrons. The van der Waals surface area contributed by atoms with E-state index in [1.807, 2.05) is 13.8 Å². The molecule has 10 heteroatoms. The summed E-state index contributed by atoms with van der Waals surface area (Å²) in [5.41, 5.74) is 1.56. The first kappa shape index (κ1) is 26.2. The van der Waals surface area contributed by atoms with Gasteiger partial charge in [-0.25, -0.2) is 8.42 Å². The number of nitrogens with zero attached hydrogens (tertiary/aromatic N) is 1. The van der Waals surface area contributed by atoms with Crippen molar-refractivity contribution in [3.8, 4) is 11.5 Å². The number of methoxy groups -OCH3 is 1. The summed E-state index contributed by atoms with van der Waals surface area (Å²) in [7, 11) is -2.14. The number of carbonyl (C=O) groups is 3. The molecule has 1 aliphatic heterocycles. The molecule has 3 rings (SSSR count). The van der Waals surface area contributed by atoms with Crippen LogP contribution in [0.3, 0.4) is 0 Å². The van der Waals surface area contributed by atoms with Gasteiger partial charge < -0.3 is 14.8 Å². The van der Waals surface area contributed by atoms with Crippen LogP contribution in [0, 0.1) is 0 Å². The molecule has 1 N–H and O–H groups in total. The molecule has 0 aliphatic carbocycles. The molecule has 0 fully saturated rings. The summed E-state index contributed by atoms with van der Waals surface area (Å²) in [4.78, 5) is 40.0. The van der Waals surface area contributed by atoms with Crippen LogP contribution in [-0.4, -0.2) is 56.8 Å². The molecular formula is C25H30N2O7S. The summed E-state index contributed by atoms with van der Waals surface area (Å²) in [6.07, 6.45) is 1.05. The van der Waals surface area contributed by atoms with E-state index in [1.54, 1.807) is 37.3 Å². The fraction of sp³-hybridized carbons (Fsp3) is 0.400. The van der Waals surface area contributed by atoms with Gasteiger partial charge in [-0.15, -0.1) is 0 Å². The quantitative estimate of drug-likeness (QED) is 0.521. The molecule has 9 nitrogen and oxygen atoms in total. The highest BCUT2D eigenvalue weighted by molar-refractivity contribution is 7.90. The van der Waals surface area contributed by atoms with E-state index in [0.717, 1.165) is 16.7 Å². The van der Waals surface area contributed by atoms with Crippen molar-refractivity contribution in [2.45, 2.75) is 39.7 Å². The van der Waals surface area contributed by atoms with Gasteiger partial charge in [0.2, 0.25) is 5.91 Å². The lowest BCUT2D eigenvalue weighted by Gasteiger charge is -2.27. The summed E-state index contributed by atoms with van der Waals surface area (Å²) in [6, 6.07) is 6.97. The van der Waals surface area contributed by atoms with Crippen molar-refractivity contribution in [2.24, 2.45) is 0 Å². The maximum absolute atomic E-state index is 13.6. The predicted octanol–water partition coefficient (Wildman–Crippen LogP) is 3.56. The summed E-state index contributed by atoms with van der Waals surface area (Å²) in [5.74, 6) is -1.35. The number of anilines is 1. The number of fused-ring (bicyclic) bond motifs is 1. The second-order valence-corrected chi connectivity index (χ2v) is 10.9. The predicted molar refractivity (Wildman–Crippen MR) is 132 cm³/mol. The fourth-order valence-electron chi connectivity index (χ4n) is 4.09. The van der Waals surface area contributed by atoms with Gasteiger partial charge >= 0.3 is 0 Å². The molecule has 188 valence electrons. The molecule has 2 aromatic rings. The molecule has 1 heterocycles. The molecule has 35 heavy (non-hydrogen) atoms. The van der Waals surface area contributed by atoms with E-state index in [-0.39, 0.29) is 22.7 Å². The Balaban J connectivity index is 2.19. The molecule has 0 unspecified atom stereocenters. The molecule has 1 aliphatic rings.